The topological polar surface area (TPSA) is 38.5 Å². The molecule has 0 spiro atoms. The Morgan fingerprint density at radius 3 is 2.61 bits per heavy atom. The molecule has 3 atom stereocenters. The van der Waals surface area contributed by atoms with Crippen LogP contribution in [-0.4, -0.2) is 42.1 Å². The number of hydrogen-bond acceptors (Lipinski definition) is 4. The van der Waals surface area contributed by atoms with Crippen LogP contribution >= 0.6 is 22.6 Å². The highest BCUT2D eigenvalue weighted by atomic mass is 127. The molecule has 1 aromatic carbocycles. The van der Waals surface area contributed by atoms with Gasteiger partial charge in [-0.2, -0.15) is 0 Å². The van der Waals surface area contributed by atoms with Crippen LogP contribution in [0.25, 0.3) is 0 Å². The summed E-state index contributed by atoms with van der Waals surface area (Å²) in [5.74, 6) is 0.708. The van der Waals surface area contributed by atoms with E-state index in [1.807, 2.05) is 12.1 Å². The molecule has 0 N–H and O–H groups in total. The van der Waals surface area contributed by atoms with Gasteiger partial charge in [0.2, 0.25) is 0 Å². The summed E-state index contributed by atoms with van der Waals surface area (Å²) < 4.78 is 10.9. The van der Waals surface area contributed by atoms with Crippen molar-refractivity contribution in [1.82, 2.24) is 4.90 Å². The standard InChI is InChI=1S/C13H16INO3/c1-17-10-5-3-9(4-6-10)11(7-14)15-8-12(15)13(16)18-2/h3-6,11-12H,7-8H2,1-2H3. The second-order valence-corrected chi connectivity index (χ2v) is 5.06. The number of nitrogens with zero attached hydrogens (tertiary/aromatic N) is 1. The van der Waals surface area contributed by atoms with Crippen molar-refractivity contribution in [1.29, 1.82) is 0 Å². The predicted molar refractivity (Wildman–Crippen MR) is 77.1 cm³/mol. The summed E-state index contributed by atoms with van der Waals surface area (Å²) in [6.07, 6.45) is 0. The molecule has 18 heavy (non-hydrogen) atoms. The summed E-state index contributed by atoms with van der Waals surface area (Å²) >= 11 is 2.35. The molecule has 1 fully saturated rings. The fourth-order valence-corrected chi connectivity index (χ4v) is 3.05. The predicted octanol–water partition coefficient (Wildman–Crippen LogP) is 2.03. The molecular formula is C13H16INO3. The van der Waals surface area contributed by atoms with Crippen LogP contribution in [0.15, 0.2) is 24.3 Å². The lowest BCUT2D eigenvalue weighted by molar-refractivity contribution is -0.141. The molecule has 1 saturated heterocycles. The first-order valence-corrected chi connectivity index (χ1v) is 7.27. The van der Waals surface area contributed by atoms with Gasteiger partial charge in [0, 0.05) is 17.0 Å². The number of carbonyl (C=O) groups is 1. The molecule has 1 aliphatic heterocycles. The van der Waals surface area contributed by atoms with Crippen molar-refractivity contribution < 1.29 is 14.3 Å². The van der Waals surface area contributed by atoms with E-state index in [0.717, 1.165) is 16.7 Å². The highest BCUT2D eigenvalue weighted by molar-refractivity contribution is 14.1. The third kappa shape index (κ3) is 2.77. The number of esters is 1. The normalized spacial score (nSPS) is 23.3. The Labute approximate surface area is 120 Å². The zero-order valence-electron chi connectivity index (χ0n) is 10.4. The Morgan fingerprint density at radius 1 is 1.44 bits per heavy atom. The first kappa shape index (κ1) is 13.6. The number of benzene rings is 1. The summed E-state index contributed by atoms with van der Waals surface area (Å²) in [6.45, 7) is 0.784. The van der Waals surface area contributed by atoms with E-state index in [9.17, 15) is 4.79 Å². The van der Waals surface area contributed by atoms with E-state index >= 15 is 0 Å². The molecule has 1 aliphatic rings. The van der Waals surface area contributed by atoms with E-state index in [1.165, 1.54) is 12.7 Å². The van der Waals surface area contributed by atoms with Gasteiger partial charge in [-0.05, 0) is 17.7 Å². The molecule has 0 amide bonds. The van der Waals surface area contributed by atoms with Gasteiger partial charge >= 0.3 is 5.97 Å². The van der Waals surface area contributed by atoms with Crippen LogP contribution in [-0.2, 0) is 9.53 Å². The lowest BCUT2D eigenvalue weighted by Crippen LogP contribution is -2.19. The third-order valence-corrected chi connectivity index (χ3v) is 4.01. The largest absolute Gasteiger partial charge is 0.497 e. The summed E-state index contributed by atoms with van der Waals surface area (Å²) in [5.41, 5.74) is 1.21. The monoisotopic (exact) mass is 361 g/mol. The van der Waals surface area contributed by atoms with E-state index in [1.54, 1.807) is 7.11 Å². The Kier molecular flexibility index (Phi) is 4.45. The maximum atomic E-state index is 11.5. The molecule has 1 aromatic rings. The SMILES string of the molecule is COC(=O)C1CN1C(CI)c1ccc(OC)cc1. The summed E-state index contributed by atoms with van der Waals surface area (Å²) in [6, 6.07) is 8.19. The van der Waals surface area contributed by atoms with E-state index in [2.05, 4.69) is 39.6 Å². The zero-order chi connectivity index (χ0) is 13.1. The third-order valence-electron chi connectivity index (χ3n) is 3.17. The molecule has 0 bridgehead atoms. The maximum absolute atomic E-state index is 11.5. The molecule has 0 radical (unpaired) electrons. The van der Waals surface area contributed by atoms with E-state index in [4.69, 9.17) is 9.47 Å². The van der Waals surface area contributed by atoms with Gasteiger partial charge in [0.05, 0.1) is 14.2 Å². The second kappa shape index (κ2) is 5.88. The van der Waals surface area contributed by atoms with Crippen molar-refractivity contribution in [2.75, 3.05) is 25.2 Å². The minimum Gasteiger partial charge on any atom is -0.497 e. The van der Waals surface area contributed by atoms with Gasteiger partial charge in [-0.15, -0.1) is 0 Å². The van der Waals surface area contributed by atoms with Gasteiger partial charge in [-0.25, -0.2) is 0 Å². The van der Waals surface area contributed by atoms with Crippen molar-refractivity contribution >= 4 is 28.6 Å². The quantitative estimate of drug-likeness (QED) is 0.348. The first-order chi connectivity index (χ1) is 8.71. The van der Waals surface area contributed by atoms with Gasteiger partial charge in [0.25, 0.3) is 0 Å². The van der Waals surface area contributed by atoms with Crippen molar-refractivity contribution in [3.63, 3.8) is 0 Å². The van der Waals surface area contributed by atoms with Gasteiger partial charge in [0.1, 0.15) is 11.8 Å². The van der Waals surface area contributed by atoms with Gasteiger partial charge < -0.3 is 9.47 Å². The van der Waals surface area contributed by atoms with Crippen LogP contribution in [0.1, 0.15) is 11.6 Å². The zero-order valence-corrected chi connectivity index (χ0v) is 12.6. The maximum Gasteiger partial charge on any atom is 0.324 e. The first-order valence-electron chi connectivity index (χ1n) is 5.74. The number of rotatable bonds is 5. The molecule has 3 unspecified atom stereocenters. The van der Waals surface area contributed by atoms with Gasteiger partial charge in [-0.1, -0.05) is 34.7 Å². The number of ether oxygens (including phenoxy) is 2. The molecule has 98 valence electrons. The number of methoxy groups -OCH3 is 2. The molecular weight excluding hydrogens is 345 g/mol. The van der Waals surface area contributed by atoms with Crippen molar-refractivity contribution in [3.8, 4) is 5.75 Å². The lowest BCUT2D eigenvalue weighted by atomic mass is 10.1. The van der Waals surface area contributed by atoms with Crippen LogP contribution in [0.2, 0.25) is 0 Å². The summed E-state index contributed by atoms with van der Waals surface area (Å²) in [5, 5.41) is 0. The lowest BCUT2D eigenvalue weighted by Gasteiger charge is -2.17. The number of alkyl halides is 1. The van der Waals surface area contributed by atoms with Crippen LogP contribution in [0.5, 0.6) is 5.75 Å². The minimum atomic E-state index is -0.140. The number of halogens is 1. The molecule has 4 nitrogen and oxygen atoms in total. The highest BCUT2D eigenvalue weighted by Crippen LogP contribution is 2.34. The fourth-order valence-electron chi connectivity index (χ4n) is 2.04. The van der Waals surface area contributed by atoms with E-state index < -0.39 is 0 Å². The van der Waals surface area contributed by atoms with Crippen LogP contribution < -0.4 is 4.74 Å². The Hall–Kier alpha value is -0.820. The second-order valence-electron chi connectivity index (χ2n) is 4.18. The Morgan fingerprint density at radius 2 is 2.11 bits per heavy atom. The van der Waals surface area contributed by atoms with Crippen molar-refractivity contribution in [2.24, 2.45) is 0 Å². The average Bonchev–Trinajstić information content (AvgIpc) is 3.20. The Bertz CT molecular complexity index is 421. The number of carbonyl (C=O) groups excluding carboxylic acids is 1. The van der Waals surface area contributed by atoms with Gasteiger partial charge in [0.15, 0.2) is 0 Å². The van der Waals surface area contributed by atoms with Crippen LogP contribution in [0.4, 0.5) is 0 Å². The fraction of sp³-hybridized carbons (Fsp3) is 0.462. The summed E-state index contributed by atoms with van der Waals surface area (Å²) in [4.78, 5) is 13.6. The highest BCUT2D eigenvalue weighted by Gasteiger charge is 2.45. The Balaban J connectivity index is 2.07. The van der Waals surface area contributed by atoms with E-state index in [0.29, 0.717) is 0 Å². The summed E-state index contributed by atoms with van der Waals surface area (Å²) in [7, 11) is 3.09. The smallest absolute Gasteiger partial charge is 0.324 e. The molecule has 0 aliphatic carbocycles. The average molecular weight is 361 g/mol. The molecule has 2 rings (SSSR count). The number of hydrogen-bond donors (Lipinski definition) is 0. The van der Waals surface area contributed by atoms with E-state index in [-0.39, 0.29) is 18.1 Å². The van der Waals surface area contributed by atoms with Gasteiger partial charge in [-0.3, -0.25) is 9.69 Å². The van der Waals surface area contributed by atoms with Crippen LogP contribution in [0, 0.1) is 0 Å². The molecule has 5 heteroatoms. The minimum absolute atomic E-state index is 0.0723. The molecule has 1 heterocycles. The molecule has 0 saturated carbocycles. The van der Waals surface area contributed by atoms with Crippen LogP contribution in [0.3, 0.4) is 0 Å². The van der Waals surface area contributed by atoms with Crippen molar-refractivity contribution in [2.45, 2.75) is 12.1 Å². The van der Waals surface area contributed by atoms with Crippen molar-refractivity contribution in [3.05, 3.63) is 29.8 Å². The molecule has 0 aromatic heterocycles.